The Bertz CT molecular complexity index is 1000. The lowest BCUT2D eigenvalue weighted by atomic mass is 9.97. The topological polar surface area (TPSA) is 80.1 Å². The van der Waals surface area contributed by atoms with Gasteiger partial charge in [-0.25, -0.2) is 0 Å². The van der Waals surface area contributed by atoms with E-state index in [0.29, 0.717) is 24.1 Å². The van der Waals surface area contributed by atoms with Crippen molar-refractivity contribution in [2.45, 2.75) is 19.5 Å². The van der Waals surface area contributed by atoms with Gasteiger partial charge >= 0.3 is 0 Å². The molecule has 7 nitrogen and oxygen atoms in total. The van der Waals surface area contributed by atoms with Gasteiger partial charge in [0.25, 0.3) is 5.56 Å². The molecule has 138 valence electrons. The summed E-state index contributed by atoms with van der Waals surface area (Å²) in [4.78, 5) is 27.3. The summed E-state index contributed by atoms with van der Waals surface area (Å²) in [6.07, 6.45) is 1.75. The van der Waals surface area contributed by atoms with Crippen LogP contribution in [0.25, 0.3) is 10.9 Å². The summed E-state index contributed by atoms with van der Waals surface area (Å²) in [5.41, 5.74) is 1.24. The second-order valence-corrected chi connectivity index (χ2v) is 6.82. The van der Waals surface area contributed by atoms with Gasteiger partial charge in [-0.3, -0.25) is 14.5 Å². The summed E-state index contributed by atoms with van der Waals surface area (Å²) in [6, 6.07) is 16.7. The van der Waals surface area contributed by atoms with Gasteiger partial charge < -0.3 is 5.32 Å². The molecule has 1 saturated heterocycles. The largest absolute Gasteiger partial charge is 0.326 e. The van der Waals surface area contributed by atoms with Crippen LogP contribution < -0.4 is 10.9 Å². The predicted molar refractivity (Wildman–Crippen MR) is 103 cm³/mol. The molecule has 0 bridgehead atoms. The van der Waals surface area contributed by atoms with Crippen molar-refractivity contribution in [3.05, 3.63) is 65.0 Å². The average molecular weight is 363 g/mol. The fourth-order valence-electron chi connectivity index (χ4n) is 3.47. The third kappa shape index (κ3) is 3.88. The van der Waals surface area contributed by atoms with Crippen LogP contribution in [0.3, 0.4) is 0 Å². The highest BCUT2D eigenvalue weighted by atomic mass is 16.2. The van der Waals surface area contributed by atoms with Gasteiger partial charge in [-0.2, -0.15) is 4.68 Å². The number of benzene rings is 2. The number of carbonyl (C=O) groups excluding carboxylic acids is 1. The number of fused-ring (bicyclic) bond motifs is 1. The van der Waals surface area contributed by atoms with Crippen molar-refractivity contribution >= 4 is 22.5 Å². The Kier molecular flexibility index (Phi) is 4.93. The highest BCUT2D eigenvalue weighted by Crippen LogP contribution is 2.19. The van der Waals surface area contributed by atoms with Crippen molar-refractivity contribution in [1.82, 2.24) is 19.9 Å². The van der Waals surface area contributed by atoms with Crippen LogP contribution in [0, 0.1) is 5.92 Å². The number of nitrogens with one attached hydrogen (secondary N) is 1. The molecule has 1 unspecified atom stereocenters. The standard InChI is InChI=1S/C20H21N5O2/c26-19(21-16-8-2-1-3-9-16)15-7-6-12-24(13-15)14-25-20(27)17-10-4-5-11-18(17)22-23-25/h1-5,8-11,15H,6-7,12-14H2,(H,21,26). The van der Waals surface area contributed by atoms with E-state index in [1.54, 1.807) is 12.1 Å². The Balaban J connectivity index is 1.45. The van der Waals surface area contributed by atoms with Gasteiger partial charge in [-0.1, -0.05) is 35.5 Å². The van der Waals surface area contributed by atoms with Crippen molar-refractivity contribution in [3.63, 3.8) is 0 Å². The molecule has 0 radical (unpaired) electrons. The quantitative estimate of drug-likeness (QED) is 0.768. The van der Waals surface area contributed by atoms with E-state index in [1.165, 1.54) is 4.68 Å². The second-order valence-electron chi connectivity index (χ2n) is 6.82. The molecule has 0 saturated carbocycles. The fourth-order valence-corrected chi connectivity index (χ4v) is 3.47. The van der Waals surface area contributed by atoms with Gasteiger partial charge in [0.2, 0.25) is 5.91 Å². The molecule has 27 heavy (non-hydrogen) atoms. The van der Waals surface area contributed by atoms with Crippen LogP contribution in [0.15, 0.2) is 59.4 Å². The number of rotatable bonds is 4. The van der Waals surface area contributed by atoms with E-state index in [9.17, 15) is 9.59 Å². The molecule has 0 aliphatic carbocycles. The maximum atomic E-state index is 12.6. The van der Waals surface area contributed by atoms with E-state index in [1.807, 2.05) is 42.5 Å². The van der Waals surface area contributed by atoms with Crippen LogP contribution >= 0.6 is 0 Å². The van der Waals surface area contributed by atoms with Gasteiger partial charge in [-0.15, -0.1) is 5.10 Å². The molecular weight excluding hydrogens is 342 g/mol. The monoisotopic (exact) mass is 363 g/mol. The third-order valence-electron chi connectivity index (χ3n) is 4.88. The molecule has 1 atom stereocenters. The molecule has 7 heteroatoms. The van der Waals surface area contributed by atoms with E-state index in [0.717, 1.165) is 25.1 Å². The van der Waals surface area contributed by atoms with Crippen LogP contribution in [0.5, 0.6) is 0 Å². The first-order valence-electron chi connectivity index (χ1n) is 9.11. The molecular formula is C20H21N5O2. The van der Waals surface area contributed by atoms with Gasteiger partial charge in [0.15, 0.2) is 0 Å². The van der Waals surface area contributed by atoms with Gasteiger partial charge in [0.05, 0.1) is 18.0 Å². The minimum Gasteiger partial charge on any atom is -0.326 e. The van der Waals surface area contributed by atoms with Crippen molar-refractivity contribution in [1.29, 1.82) is 0 Å². The highest BCUT2D eigenvalue weighted by molar-refractivity contribution is 5.92. The number of hydrogen-bond acceptors (Lipinski definition) is 5. The molecule has 2 aromatic carbocycles. The Morgan fingerprint density at radius 2 is 1.89 bits per heavy atom. The summed E-state index contributed by atoms with van der Waals surface area (Å²) < 4.78 is 1.37. The first-order valence-corrected chi connectivity index (χ1v) is 9.11. The van der Waals surface area contributed by atoms with Crippen LogP contribution in [0.2, 0.25) is 0 Å². The van der Waals surface area contributed by atoms with Crippen LogP contribution in [-0.2, 0) is 11.5 Å². The molecule has 1 amide bonds. The minimum atomic E-state index is -0.156. The molecule has 1 N–H and O–H groups in total. The number of amides is 1. The SMILES string of the molecule is O=C(Nc1ccccc1)C1CCCN(Cn2nnc3ccccc3c2=O)C1. The Morgan fingerprint density at radius 3 is 2.74 bits per heavy atom. The number of carbonyl (C=O) groups is 1. The van der Waals surface area contributed by atoms with Gasteiger partial charge in [0.1, 0.15) is 5.52 Å². The van der Waals surface area contributed by atoms with E-state index in [-0.39, 0.29) is 17.4 Å². The van der Waals surface area contributed by atoms with Crippen molar-refractivity contribution in [3.8, 4) is 0 Å². The average Bonchev–Trinajstić information content (AvgIpc) is 2.71. The molecule has 1 aliphatic heterocycles. The van der Waals surface area contributed by atoms with Crippen LogP contribution in [0.4, 0.5) is 5.69 Å². The number of aromatic nitrogens is 3. The lowest BCUT2D eigenvalue weighted by Gasteiger charge is -2.31. The van der Waals surface area contributed by atoms with E-state index in [2.05, 4.69) is 20.5 Å². The number of anilines is 1. The lowest BCUT2D eigenvalue weighted by Crippen LogP contribution is -2.43. The first kappa shape index (κ1) is 17.4. The molecule has 0 spiro atoms. The molecule has 1 aliphatic rings. The number of hydrogen-bond donors (Lipinski definition) is 1. The highest BCUT2D eigenvalue weighted by Gasteiger charge is 2.26. The number of piperidine rings is 1. The Hall–Kier alpha value is -3.06. The second kappa shape index (κ2) is 7.67. The fraction of sp³-hybridized carbons (Fsp3) is 0.300. The molecule has 3 aromatic rings. The molecule has 1 fully saturated rings. The van der Waals surface area contributed by atoms with E-state index in [4.69, 9.17) is 0 Å². The lowest BCUT2D eigenvalue weighted by molar-refractivity contribution is -0.121. The molecule has 1 aromatic heterocycles. The number of para-hydroxylation sites is 1. The van der Waals surface area contributed by atoms with Crippen molar-refractivity contribution in [2.75, 3.05) is 18.4 Å². The van der Waals surface area contributed by atoms with E-state index >= 15 is 0 Å². The first-order chi connectivity index (χ1) is 13.2. The number of likely N-dealkylation sites (tertiary alicyclic amines) is 1. The Labute approximate surface area is 156 Å². The van der Waals surface area contributed by atoms with Crippen molar-refractivity contribution < 1.29 is 4.79 Å². The Morgan fingerprint density at radius 1 is 1.11 bits per heavy atom. The zero-order chi connectivity index (χ0) is 18.6. The maximum absolute atomic E-state index is 12.6. The van der Waals surface area contributed by atoms with Crippen molar-refractivity contribution in [2.24, 2.45) is 5.92 Å². The summed E-state index contributed by atoms with van der Waals surface area (Å²) in [5, 5.41) is 11.7. The normalized spacial score (nSPS) is 17.7. The molecule has 4 rings (SSSR count). The zero-order valence-electron chi connectivity index (χ0n) is 14.9. The number of nitrogens with zero attached hydrogens (tertiary/aromatic N) is 4. The van der Waals surface area contributed by atoms with Gasteiger partial charge in [0, 0.05) is 12.2 Å². The molecule has 2 heterocycles. The maximum Gasteiger partial charge on any atom is 0.278 e. The van der Waals surface area contributed by atoms with Crippen LogP contribution in [0.1, 0.15) is 12.8 Å². The summed E-state index contributed by atoms with van der Waals surface area (Å²) in [7, 11) is 0. The van der Waals surface area contributed by atoms with Gasteiger partial charge in [-0.05, 0) is 43.7 Å². The summed E-state index contributed by atoms with van der Waals surface area (Å²) >= 11 is 0. The predicted octanol–water partition coefficient (Wildman–Crippen LogP) is 2.10. The summed E-state index contributed by atoms with van der Waals surface area (Å²) in [5.74, 6) is -0.0917. The smallest absolute Gasteiger partial charge is 0.278 e. The van der Waals surface area contributed by atoms with E-state index < -0.39 is 0 Å². The zero-order valence-corrected chi connectivity index (χ0v) is 14.9. The summed E-state index contributed by atoms with van der Waals surface area (Å²) in [6.45, 7) is 1.77. The minimum absolute atomic E-state index is 0.0165. The third-order valence-corrected chi connectivity index (χ3v) is 4.88. The van der Waals surface area contributed by atoms with Crippen LogP contribution in [-0.4, -0.2) is 38.9 Å².